The number of hydrogen-bond acceptors (Lipinski definition) is 6. The molecule has 2 heterocycles. The van der Waals surface area contributed by atoms with Crippen LogP contribution in [0.25, 0.3) is 0 Å². The monoisotopic (exact) mass is 288 g/mol. The van der Waals surface area contributed by atoms with E-state index in [0.29, 0.717) is 18.3 Å². The van der Waals surface area contributed by atoms with Crippen LogP contribution in [0.5, 0.6) is 0 Å². The Labute approximate surface area is 111 Å². The molecule has 9 heteroatoms. The average Bonchev–Trinajstić information content (AvgIpc) is 2.92. The minimum absolute atomic E-state index is 0.230. The first kappa shape index (κ1) is 13.9. The third-order valence-corrected chi connectivity index (χ3v) is 3.57. The molecule has 0 unspecified atom stereocenters. The van der Waals surface area contributed by atoms with E-state index in [-0.39, 0.29) is 18.5 Å². The zero-order valence-electron chi connectivity index (χ0n) is 10.8. The molecular weight excluding hydrogens is 272 g/mol. The molecule has 1 aliphatic rings. The Morgan fingerprint density at radius 1 is 1.58 bits per heavy atom. The number of sulfonamides is 1. The van der Waals surface area contributed by atoms with Gasteiger partial charge in [0.15, 0.2) is 5.82 Å². The number of hydrogen-bond donors (Lipinski definition) is 1. The fraction of sp³-hybridized carbons (Fsp3) is 0.700. The highest BCUT2D eigenvalue weighted by atomic mass is 32.2. The van der Waals surface area contributed by atoms with E-state index in [1.54, 1.807) is 11.8 Å². The van der Waals surface area contributed by atoms with Crippen LogP contribution >= 0.6 is 0 Å². The Morgan fingerprint density at radius 3 is 2.89 bits per heavy atom. The van der Waals surface area contributed by atoms with Crippen LogP contribution in [0.3, 0.4) is 0 Å². The number of carbonyl (C=O) groups excluding carboxylic acids is 1. The first-order valence-electron chi connectivity index (χ1n) is 5.91. The molecule has 1 N–H and O–H groups in total. The third kappa shape index (κ3) is 3.51. The van der Waals surface area contributed by atoms with Crippen molar-refractivity contribution in [3.8, 4) is 0 Å². The van der Waals surface area contributed by atoms with Gasteiger partial charge >= 0.3 is 0 Å². The van der Waals surface area contributed by atoms with Crippen molar-refractivity contribution in [2.75, 3.05) is 19.3 Å². The van der Waals surface area contributed by atoms with E-state index in [9.17, 15) is 13.2 Å². The van der Waals surface area contributed by atoms with Gasteiger partial charge in [-0.25, -0.2) is 13.1 Å². The fourth-order valence-corrected chi connectivity index (χ4v) is 2.46. The number of likely N-dealkylation sites (tertiary alicyclic amines) is 1. The molecule has 0 bridgehead atoms. The molecular formula is C10H16N4O4S. The van der Waals surface area contributed by atoms with Gasteiger partial charge in [-0.3, -0.25) is 4.79 Å². The quantitative estimate of drug-likeness (QED) is 0.807. The normalized spacial score (nSPS) is 19.9. The van der Waals surface area contributed by atoms with Crippen LogP contribution in [0, 0.1) is 6.92 Å². The molecule has 2 rings (SSSR count). The lowest BCUT2D eigenvalue weighted by molar-refractivity contribution is -0.131. The second-order valence-corrected chi connectivity index (χ2v) is 6.34. The molecule has 1 saturated heterocycles. The van der Waals surface area contributed by atoms with Crippen molar-refractivity contribution in [2.45, 2.75) is 25.8 Å². The van der Waals surface area contributed by atoms with Gasteiger partial charge in [-0.1, -0.05) is 5.16 Å². The first-order valence-corrected chi connectivity index (χ1v) is 7.80. The van der Waals surface area contributed by atoms with Crippen molar-refractivity contribution in [1.29, 1.82) is 0 Å². The molecule has 0 saturated carbocycles. The van der Waals surface area contributed by atoms with Crippen molar-refractivity contribution in [3.63, 3.8) is 0 Å². The molecule has 0 aromatic carbocycles. The van der Waals surface area contributed by atoms with Gasteiger partial charge in [-0.2, -0.15) is 4.98 Å². The Morgan fingerprint density at radius 2 is 2.32 bits per heavy atom. The van der Waals surface area contributed by atoms with Gasteiger partial charge in [0, 0.05) is 13.5 Å². The molecule has 0 aliphatic carbocycles. The van der Waals surface area contributed by atoms with Crippen LogP contribution in [-0.4, -0.2) is 48.7 Å². The number of aromatic nitrogens is 2. The summed E-state index contributed by atoms with van der Waals surface area (Å²) in [6.07, 6.45) is 2.61. The number of aryl methyl sites for hydroxylation is 1. The van der Waals surface area contributed by atoms with E-state index in [4.69, 9.17) is 4.52 Å². The number of amides is 1. The van der Waals surface area contributed by atoms with Crippen molar-refractivity contribution in [3.05, 3.63) is 11.7 Å². The largest absolute Gasteiger partial charge is 0.340 e. The van der Waals surface area contributed by atoms with E-state index in [0.717, 1.165) is 19.1 Å². The lowest BCUT2D eigenvalue weighted by Gasteiger charge is -2.22. The fourth-order valence-electron chi connectivity index (χ4n) is 2.08. The van der Waals surface area contributed by atoms with Crippen LogP contribution < -0.4 is 4.72 Å². The first-order chi connectivity index (χ1) is 8.87. The number of carbonyl (C=O) groups is 1. The topological polar surface area (TPSA) is 105 Å². The van der Waals surface area contributed by atoms with Gasteiger partial charge in [0.1, 0.15) is 0 Å². The Balaban J connectivity index is 2.04. The molecule has 1 amide bonds. The standard InChI is InChI=1S/C10H16N4O4S/c1-7-12-10(13-18-7)8-4-3-5-14(8)9(15)6-11-19(2,16)17/h8,11H,3-6H2,1-2H3/t8-/m0/s1. The summed E-state index contributed by atoms with van der Waals surface area (Å²) in [7, 11) is -3.37. The predicted molar refractivity (Wildman–Crippen MR) is 65.6 cm³/mol. The maximum absolute atomic E-state index is 12.0. The molecule has 1 fully saturated rings. The smallest absolute Gasteiger partial charge is 0.238 e. The van der Waals surface area contributed by atoms with E-state index in [2.05, 4.69) is 14.9 Å². The van der Waals surface area contributed by atoms with E-state index >= 15 is 0 Å². The molecule has 19 heavy (non-hydrogen) atoms. The summed E-state index contributed by atoms with van der Waals surface area (Å²) in [5, 5.41) is 3.82. The molecule has 0 spiro atoms. The van der Waals surface area contributed by atoms with Crippen molar-refractivity contribution < 1.29 is 17.7 Å². The van der Waals surface area contributed by atoms with Crippen molar-refractivity contribution in [2.24, 2.45) is 0 Å². The van der Waals surface area contributed by atoms with Crippen LogP contribution in [0.4, 0.5) is 0 Å². The van der Waals surface area contributed by atoms with E-state index in [1.807, 2.05) is 0 Å². The Hall–Kier alpha value is -1.48. The molecule has 1 aromatic rings. The van der Waals surface area contributed by atoms with E-state index < -0.39 is 10.0 Å². The van der Waals surface area contributed by atoms with Crippen molar-refractivity contribution in [1.82, 2.24) is 19.8 Å². The highest BCUT2D eigenvalue weighted by Crippen LogP contribution is 2.29. The summed E-state index contributed by atoms with van der Waals surface area (Å²) in [5.74, 6) is 0.640. The third-order valence-electron chi connectivity index (χ3n) is 2.90. The van der Waals surface area contributed by atoms with Gasteiger partial charge in [0.05, 0.1) is 18.8 Å². The highest BCUT2D eigenvalue weighted by Gasteiger charge is 2.33. The van der Waals surface area contributed by atoms with Gasteiger partial charge in [0.2, 0.25) is 21.8 Å². The van der Waals surface area contributed by atoms with Gasteiger partial charge in [-0.15, -0.1) is 0 Å². The molecule has 1 aliphatic heterocycles. The van der Waals surface area contributed by atoms with Crippen molar-refractivity contribution >= 4 is 15.9 Å². The average molecular weight is 288 g/mol. The Kier molecular flexibility index (Phi) is 3.85. The molecule has 1 atom stereocenters. The highest BCUT2D eigenvalue weighted by molar-refractivity contribution is 7.88. The molecule has 1 aromatic heterocycles. The second kappa shape index (κ2) is 5.25. The van der Waals surface area contributed by atoms with E-state index in [1.165, 1.54) is 0 Å². The predicted octanol–water partition coefficient (Wildman–Crippen LogP) is -0.409. The summed E-state index contributed by atoms with van der Waals surface area (Å²) in [6, 6.07) is -0.230. The number of nitrogens with one attached hydrogen (secondary N) is 1. The second-order valence-electron chi connectivity index (χ2n) is 4.51. The lowest BCUT2D eigenvalue weighted by atomic mass is 10.2. The molecule has 8 nitrogen and oxygen atoms in total. The maximum atomic E-state index is 12.0. The summed E-state index contributed by atoms with van der Waals surface area (Å²) in [4.78, 5) is 17.7. The summed E-state index contributed by atoms with van der Waals surface area (Å²) in [6.45, 7) is 2.01. The summed E-state index contributed by atoms with van der Waals surface area (Å²) >= 11 is 0. The zero-order chi connectivity index (χ0) is 14.0. The van der Waals surface area contributed by atoms with Crippen LogP contribution in [0.2, 0.25) is 0 Å². The molecule has 0 radical (unpaired) electrons. The summed E-state index contributed by atoms with van der Waals surface area (Å²) in [5.41, 5.74) is 0. The van der Waals surface area contributed by atoms with Gasteiger partial charge in [0.25, 0.3) is 0 Å². The molecule has 106 valence electrons. The number of nitrogens with zero attached hydrogens (tertiary/aromatic N) is 3. The van der Waals surface area contributed by atoms with Crippen LogP contribution in [0.15, 0.2) is 4.52 Å². The minimum atomic E-state index is -3.37. The zero-order valence-corrected chi connectivity index (χ0v) is 11.6. The van der Waals surface area contributed by atoms with Crippen LogP contribution in [-0.2, 0) is 14.8 Å². The Bertz CT molecular complexity index is 568. The van der Waals surface area contributed by atoms with Crippen LogP contribution in [0.1, 0.15) is 30.6 Å². The minimum Gasteiger partial charge on any atom is -0.340 e. The number of rotatable bonds is 4. The maximum Gasteiger partial charge on any atom is 0.238 e. The summed E-state index contributed by atoms with van der Waals surface area (Å²) < 4.78 is 29.1. The van der Waals surface area contributed by atoms with Gasteiger partial charge in [-0.05, 0) is 12.8 Å². The van der Waals surface area contributed by atoms with Gasteiger partial charge < -0.3 is 9.42 Å². The SMILES string of the molecule is Cc1nc([C@@H]2CCCN2C(=O)CNS(C)(=O)=O)no1. The lowest BCUT2D eigenvalue weighted by Crippen LogP contribution is -2.39.